The van der Waals surface area contributed by atoms with Crippen LogP contribution >= 0.6 is 0 Å². The van der Waals surface area contributed by atoms with Crippen LogP contribution < -0.4 is 21.8 Å². The third-order valence-electron chi connectivity index (χ3n) is 2.71. The molecule has 0 aromatic heterocycles. The number of hydroxylamine groups is 1. The van der Waals surface area contributed by atoms with Crippen molar-refractivity contribution in [2.75, 3.05) is 6.54 Å². The summed E-state index contributed by atoms with van der Waals surface area (Å²) in [5.74, 6) is -2.33. The standard InChI is InChI=1S/C9H9NO4.C6H14N2O2/c1-6(11)10-14-8-5-3-2-4-7(8)9(12)13;7-4-2-1-3-5(8)6(9)10/h2-5H,1H3,(H,10,11)(H,12,13);5H,1-4,7-8H2,(H,9,10)/t;5-/m.0/s1. The number of carbonyl (C=O) groups is 3. The quantitative estimate of drug-likeness (QED) is 0.333. The molecule has 0 bridgehead atoms. The minimum Gasteiger partial charge on any atom is -0.480 e. The minimum atomic E-state index is -1.11. The van der Waals surface area contributed by atoms with Gasteiger partial charge in [-0.2, -0.15) is 5.48 Å². The van der Waals surface area contributed by atoms with Crippen LogP contribution in [-0.2, 0) is 9.59 Å². The second kappa shape index (κ2) is 11.9. The number of carboxylic acids is 2. The van der Waals surface area contributed by atoms with Crippen LogP contribution in [0.5, 0.6) is 5.75 Å². The van der Waals surface area contributed by atoms with Gasteiger partial charge in [0.25, 0.3) is 0 Å². The number of nitrogens with one attached hydrogen (secondary N) is 1. The van der Waals surface area contributed by atoms with Gasteiger partial charge in [-0.1, -0.05) is 18.6 Å². The predicted molar refractivity (Wildman–Crippen MR) is 86.4 cm³/mol. The lowest BCUT2D eigenvalue weighted by atomic mass is 10.1. The maximum Gasteiger partial charge on any atom is 0.339 e. The van der Waals surface area contributed by atoms with Crippen molar-refractivity contribution in [3.63, 3.8) is 0 Å². The van der Waals surface area contributed by atoms with Crippen LogP contribution in [0.3, 0.4) is 0 Å². The van der Waals surface area contributed by atoms with Crippen LogP contribution in [-0.4, -0.2) is 40.6 Å². The lowest BCUT2D eigenvalue weighted by Crippen LogP contribution is -2.29. The molecular formula is C15H23N3O6. The number of amides is 1. The number of benzene rings is 1. The van der Waals surface area contributed by atoms with Gasteiger partial charge in [0.15, 0.2) is 5.75 Å². The van der Waals surface area contributed by atoms with Gasteiger partial charge in [0.1, 0.15) is 11.6 Å². The number of rotatable bonds is 8. The lowest BCUT2D eigenvalue weighted by molar-refractivity contribution is -0.138. The number of aliphatic carboxylic acids is 1. The molecule has 0 saturated heterocycles. The average molecular weight is 341 g/mol. The Bertz CT molecular complexity index is 550. The summed E-state index contributed by atoms with van der Waals surface area (Å²) in [5, 5.41) is 17.1. The molecule has 0 fully saturated rings. The van der Waals surface area contributed by atoms with Gasteiger partial charge in [0, 0.05) is 6.92 Å². The highest BCUT2D eigenvalue weighted by molar-refractivity contribution is 5.90. The maximum absolute atomic E-state index is 10.7. The van der Waals surface area contributed by atoms with Crippen molar-refractivity contribution < 1.29 is 29.4 Å². The van der Waals surface area contributed by atoms with Crippen molar-refractivity contribution >= 4 is 17.8 Å². The molecule has 1 rings (SSSR count). The van der Waals surface area contributed by atoms with Crippen LogP contribution in [0.25, 0.3) is 0 Å². The molecule has 7 N–H and O–H groups in total. The van der Waals surface area contributed by atoms with E-state index in [4.69, 9.17) is 26.5 Å². The van der Waals surface area contributed by atoms with Crippen molar-refractivity contribution in [1.29, 1.82) is 0 Å². The Hall–Kier alpha value is -2.65. The Balaban J connectivity index is 0.000000470. The Morgan fingerprint density at radius 1 is 1.21 bits per heavy atom. The van der Waals surface area contributed by atoms with Crippen LogP contribution in [0.2, 0.25) is 0 Å². The van der Waals surface area contributed by atoms with E-state index in [1.165, 1.54) is 19.1 Å². The van der Waals surface area contributed by atoms with E-state index >= 15 is 0 Å². The van der Waals surface area contributed by atoms with Crippen LogP contribution in [0, 0.1) is 0 Å². The zero-order valence-electron chi connectivity index (χ0n) is 13.4. The van der Waals surface area contributed by atoms with Gasteiger partial charge in [-0.3, -0.25) is 9.59 Å². The summed E-state index contributed by atoms with van der Waals surface area (Å²) in [6.45, 7) is 1.87. The maximum atomic E-state index is 10.7. The first-order chi connectivity index (χ1) is 11.3. The Morgan fingerprint density at radius 3 is 2.33 bits per heavy atom. The molecule has 1 atom stereocenters. The van der Waals surface area contributed by atoms with E-state index in [2.05, 4.69) is 5.48 Å². The highest BCUT2D eigenvalue weighted by Gasteiger charge is 2.10. The molecule has 9 heteroatoms. The van der Waals surface area contributed by atoms with Crippen molar-refractivity contribution in [3.8, 4) is 5.75 Å². The summed E-state index contributed by atoms with van der Waals surface area (Å²) in [7, 11) is 0. The summed E-state index contributed by atoms with van der Waals surface area (Å²) < 4.78 is 0. The first-order valence-electron chi connectivity index (χ1n) is 7.23. The van der Waals surface area contributed by atoms with Crippen LogP contribution in [0.1, 0.15) is 36.5 Å². The number of hydrogen-bond acceptors (Lipinski definition) is 6. The Kier molecular flexibility index (Phi) is 10.5. The van der Waals surface area contributed by atoms with E-state index in [0.717, 1.165) is 12.8 Å². The molecule has 0 radical (unpaired) electrons. The minimum absolute atomic E-state index is 0.00116. The van der Waals surface area contributed by atoms with Gasteiger partial charge in [-0.15, -0.1) is 0 Å². The fourth-order valence-electron chi connectivity index (χ4n) is 1.49. The van der Waals surface area contributed by atoms with E-state index < -0.39 is 23.9 Å². The van der Waals surface area contributed by atoms with Gasteiger partial charge < -0.3 is 26.5 Å². The van der Waals surface area contributed by atoms with E-state index in [1.54, 1.807) is 12.1 Å². The molecule has 0 aliphatic carbocycles. The average Bonchev–Trinajstić information content (AvgIpc) is 2.53. The molecule has 1 aromatic rings. The molecule has 9 nitrogen and oxygen atoms in total. The molecule has 0 spiro atoms. The zero-order valence-corrected chi connectivity index (χ0v) is 13.4. The second-order valence-electron chi connectivity index (χ2n) is 4.79. The fourth-order valence-corrected chi connectivity index (χ4v) is 1.49. The lowest BCUT2D eigenvalue weighted by Gasteiger charge is -2.06. The van der Waals surface area contributed by atoms with Crippen LogP contribution in [0.15, 0.2) is 24.3 Å². The Morgan fingerprint density at radius 2 is 1.83 bits per heavy atom. The largest absolute Gasteiger partial charge is 0.480 e. The van der Waals surface area contributed by atoms with Crippen molar-refractivity contribution in [2.24, 2.45) is 11.5 Å². The van der Waals surface area contributed by atoms with Crippen LogP contribution in [0.4, 0.5) is 0 Å². The first-order valence-corrected chi connectivity index (χ1v) is 7.23. The molecule has 0 heterocycles. The highest BCUT2D eigenvalue weighted by Crippen LogP contribution is 2.16. The molecule has 134 valence electrons. The van der Waals surface area contributed by atoms with Crippen molar-refractivity contribution in [1.82, 2.24) is 5.48 Å². The van der Waals surface area contributed by atoms with Crippen molar-refractivity contribution in [2.45, 2.75) is 32.2 Å². The second-order valence-corrected chi connectivity index (χ2v) is 4.79. The van der Waals surface area contributed by atoms with Gasteiger partial charge in [-0.25, -0.2) is 4.79 Å². The number of nitrogens with two attached hydrogens (primary N) is 2. The van der Waals surface area contributed by atoms with Gasteiger partial charge in [-0.05, 0) is 31.5 Å². The molecule has 24 heavy (non-hydrogen) atoms. The fraction of sp³-hybridized carbons (Fsp3) is 0.400. The number of carbonyl (C=O) groups excluding carboxylic acids is 1. The molecule has 1 amide bonds. The van der Waals surface area contributed by atoms with E-state index in [-0.39, 0.29) is 11.3 Å². The number of carboxylic acid groups (broad SMARTS) is 2. The van der Waals surface area contributed by atoms with Gasteiger partial charge in [0.05, 0.1) is 0 Å². The smallest absolute Gasteiger partial charge is 0.339 e. The van der Waals surface area contributed by atoms with E-state index in [0.29, 0.717) is 13.0 Å². The topological polar surface area (TPSA) is 165 Å². The SMILES string of the molecule is CC(=O)NOc1ccccc1C(=O)O.NCCCC[C@H](N)C(=O)O. The third-order valence-corrected chi connectivity index (χ3v) is 2.71. The summed E-state index contributed by atoms with van der Waals surface area (Å²) >= 11 is 0. The number of aromatic carboxylic acids is 1. The molecular weight excluding hydrogens is 318 g/mol. The monoisotopic (exact) mass is 341 g/mol. The van der Waals surface area contributed by atoms with Gasteiger partial charge in [0.2, 0.25) is 5.91 Å². The number of hydrogen-bond donors (Lipinski definition) is 5. The molecule has 0 saturated carbocycles. The van der Waals surface area contributed by atoms with Crippen molar-refractivity contribution in [3.05, 3.63) is 29.8 Å². The molecule has 0 unspecified atom stereocenters. The summed E-state index contributed by atoms with van der Waals surface area (Å²) in [6.07, 6.45) is 2.16. The third kappa shape index (κ3) is 9.38. The predicted octanol–water partition coefficient (Wildman–Crippen LogP) is 0.342. The summed E-state index contributed by atoms with van der Waals surface area (Å²) in [5.41, 5.74) is 12.5. The first kappa shape index (κ1) is 21.4. The number of unbranched alkanes of at least 4 members (excludes halogenated alkanes) is 1. The van der Waals surface area contributed by atoms with E-state index in [1.807, 2.05) is 0 Å². The number of para-hydroxylation sites is 1. The molecule has 0 aliphatic heterocycles. The van der Waals surface area contributed by atoms with E-state index in [9.17, 15) is 14.4 Å². The highest BCUT2D eigenvalue weighted by atomic mass is 16.7. The summed E-state index contributed by atoms with van der Waals surface area (Å²) in [6, 6.07) is 5.32. The summed E-state index contributed by atoms with van der Waals surface area (Å²) in [4.78, 5) is 36.1. The van der Waals surface area contributed by atoms with Gasteiger partial charge >= 0.3 is 11.9 Å². The Labute approximate surface area is 139 Å². The molecule has 0 aliphatic rings. The zero-order chi connectivity index (χ0) is 18.5. The normalized spacial score (nSPS) is 10.8. The molecule has 1 aromatic carbocycles.